The highest BCUT2D eigenvalue weighted by atomic mass is 79.9. The Hall–Kier alpha value is -0.630. The summed E-state index contributed by atoms with van der Waals surface area (Å²) in [7, 11) is 0. The van der Waals surface area contributed by atoms with Crippen molar-refractivity contribution in [3.63, 3.8) is 0 Å². The van der Waals surface area contributed by atoms with Gasteiger partial charge in [-0.25, -0.2) is 0 Å². The zero-order valence-corrected chi connectivity index (χ0v) is 11.2. The molecular formula is C14H19BrO. The van der Waals surface area contributed by atoms with Crippen LogP contribution in [0.5, 0.6) is 0 Å². The van der Waals surface area contributed by atoms with Crippen LogP contribution in [0.4, 0.5) is 0 Å². The lowest BCUT2D eigenvalue weighted by Gasteiger charge is -2.04. The van der Waals surface area contributed by atoms with Crippen LogP contribution in [0.25, 0.3) is 0 Å². The van der Waals surface area contributed by atoms with Gasteiger partial charge in [0.05, 0.1) is 0 Å². The summed E-state index contributed by atoms with van der Waals surface area (Å²) >= 11 is 3.44. The van der Waals surface area contributed by atoms with Gasteiger partial charge in [0.2, 0.25) is 0 Å². The van der Waals surface area contributed by atoms with E-state index in [4.69, 9.17) is 0 Å². The van der Waals surface area contributed by atoms with Crippen LogP contribution in [0.2, 0.25) is 0 Å². The van der Waals surface area contributed by atoms with Gasteiger partial charge in [0.25, 0.3) is 0 Å². The molecule has 0 aliphatic rings. The van der Waals surface area contributed by atoms with Crippen molar-refractivity contribution in [2.24, 2.45) is 0 Å². The van der Waals surface area contributed by atoms with Crippen LogP contribution in [0.1, 0.15) is 48.0 Å². The number of carbonyl (C=O) groups is 1. The van der Waals surface area contributed by atoms with Crippen LogP contribution in [-0.4, -0.2) is 11.6 Å². The fourth-order valence-corrected chi connectivity index (χ4v) is 2.21. The number of unbranched alkanes of at least 4 members (excludes halogenated alkanes) is 4. The number of halogens is 1. The molecule has 0 aliphatic heterocycles. The summed E-state index contributed by atoms with van der Waals surface area (Å²) in [4.78, 5) is 10.8. The average molecular weight is 283 g/mol. The first-order valence-corrected chi connectivity index (χ1v) is 7.09. The number of rotatable bonds is 8. The number of carbonyl (C=O) groups excluding carboxylic acids is 1. The Kier molecular flexibility index (Phi) is 7.15. The summed E-state index contributed by atoms with van der Waals surface area (Å²) in [6.45, 7) is 0. The summed E-state index contributed by atoms with van der Waals surface area (Å²) < 4.78 is 0. The average Bonchev–Trinajstić information content (AvgIpc) is 2.34. The highest BCUT2D eigenvalue weighted by Crippen LogP contribution is 2.12. The molecule has 0 aliphatic carbocycles. The van der Waals surface area contributed by atoms with Crippen molar-refractivity contribution in [1.82, 2.24) is 0 Å². The summed E-state index contributed by atoms with van der Waals surface area (Å²) in [6.07, 6.45) is 8.32. The second kappa shape index (κ2) is 8.51. The highest BCUT2D eigenvalue weighted by Gasteiger charge is 1.99. The van der Waals surface area contributed by atoms with Gasteiger partial charge in [0.1, 0.15) is 6.29 Å². The molecule has 0 aromatic heterocycles. The van der Waals surface area contributed by atoms with Crippen LogP contribution in [0, 0.1) is 0 Å². The second-order valence-electron chi connectivity index (χ2n) is 4.02. The smallest absolute Gasteiger partial charge is 0.150 e. The molecule has 0 unspecified atom stereocenters. The Morgan fingerprint density at radius 3 is 2.44 bits per heavy atom. The topological polar surface area (TPSA) is 17.1 Å². The first-order chi connectivity index (χ1) is 7.88. The molecule has 0 fully saturated rings. The molecule has 0 bridgehead atoms. The fraction of sp³-hybridized carbons (Fsp3) is 0.500. The summed E-state index contributed by atoms with van der Waals surface area (Å²) in [5.41, 5.74) is 2.04. The Morgan fingerprint density at radius 2 is 1.69 bits per heavy atom. The van der Waals surface area contributed by atoms with E-state index in [0.29, 0.717) is 0 Å². The lowest BCUT2D eigenvalue weighted by Crippen LogP contribution is -1.92. The lowest BCUT2D eigenvalue weighted by molar-refractivity contribution is 0.112. The maximum Gasteiger partial charge on any atom is 0.150 e. The van der Waals surface area contributed by atoms with Gasteiger partial charge in [-0.05, 0) is 24.8 Å². The van der Waals surface area contributed by atoms with Gasteiger partial charge < -0.3 is 0 Å². The Morgan fingerprint density at radius 1 is 1.00 bits per heavy atom. The van der Waals surface area contributed by atoms with E-state index in [9.17, 15) is 4.79 Å². The van der Waals surface area contributed by atoms with Gasteiger partial charge in [-0.1, -0.05) is 59.5 Å². The van der Waals surface area contributed by atoms with Crippen molar-refractivity contribution in [3.05, 3.63) is 35.4 Å². The molecule has 0 heterocycles. The maximum absolute atomic E-state index is 10.8. The molecule has 0 atom stereocenters. The minimum Gasteiger partial charge on any atom is -0.298 e. The third-order valence-electron chi connectivity index (χ3n) is 2.76. The second-order valence-corrected chi connectivity index (χ2v) is 4.82. The van der Waals surface area contributed by atoms with E-state index in [1.54, 1.807) is 0 Å². The van der Waals surface area contributed by atoms with Crippen molar-refractivity contribution < 1.29 is 4.79 Å². The zero-order valence-electron chi connectivity index (χ0n) is 9.62. The lowest BCUT2D eigenvalue weighted by atomic mass is 10.0. The SMILES string of the molecule is O=Cc1ccccc1CCCCCCCBr. The number of hydrogen-bond acceptors (Lipinski definition) is 1. The molecule has 1 rings (SSSR count). The monoisotopic (exact) mass is 282 g/mol. The number of alkyl halides is 1. The van der Waals surface area contributed by atoms with Crippen molar-refractivity contribution in [2.45, 2.75) is 38.5 Å². The van der Waals surface area contributed by atoms with Crippen LogP contribution in [0.15, 0.2) is 24.3 Å². The normalized spacial score (nSPS) is 10.3. The molecule has 0 amide bonds. The predicted octanol–water partition coefficient (Wildman–Crippen LogP) is 4.39. The first kappa shape index (κ1) is 13.4. The Balaban J connectivity index is 2.23. The van der Waals surface area contributed by atoms with Gasteiger partial charge in [0.15, 0.2) is 0 Å². The summed E-state index contributed by atoms with van der Waals surface area (Å²) in [6, 6.07) is 7.88. The number of aryl methyl sites for hydroxylation is 1. The standard InChI is InChI=1S/C14H19BrO/c15-11-7-3-1-2-4-8-13-9-5-6-10-14(13)12-16/h5-6,9-10,12H,1-4,7-8,11H2. The number of aldehydes is 1. The number of benzene rings is 1. The molecule has 0 radical (unpaired) electrons. The van der Waals surface area contributed by atoms with E-state index >= 15 is 0 Å². The third-order valence-corrected chi connectivity index (χ3v) is 3.32. The van der Waals surface area contributed by atoms with Gasteiger partial charge in [-0.3, -0.25) is 4.79 Å². The van der Waals surface area contributed by atoms with Gasteiger partial charge >= 0.3 is 0 Å². The van der Waals surface area contributed by atoms with Crippen molar-refractivity contribution in [3.8, 4) is 0 Å². The van der Waals surface area contributed by atoms with Gasteiger partial charge in [-0.2, -0.15) is 0 Å². The molecule has 88 valence electrons. The van der Waals surface area contributed by atoms with E-state index in [1.165, 1.54) is 37.7 Å². The van der Waals surface area contributed by atoms with Crippen molar-refractivity contribution >= 4 is 22.2 Å². The minimum absolute atomic E-state index is 0.850. The van der Waals surface area contributed by atoms with Crippen LogP contribution in [0.3, 0.4) is 0 Å². The predicted molar refractivity (Wildman–Crippen MR) is 72.4 cm³/mol. The molecule has 16 heavy (non-hydrogen) atoms. The molecule has 0 saturated heterocycles. The van der Waals surface area contributed by atoms with Gasteiger partial charge in [0, 0.05) is 10.9 Å². The molecule has 1 nitrogen and oxygen atoms in total. The molecule has 0 N–H and O–H groups in total. The van der Waals surface area contributed by atoms with Crippen LogP contribution < -0.4 is 0 Å². The third kappa shape index (κ3) is 4.93. The fourth-order valence-electron chi connectivity index (χ4n) is 1.82. The summed E-state index contributed by atoms with van der Waals surface area (Å²) in [5, 5.41) is 1.11. The van der Waals surface area contributed by atoms with Crippen LogP contribution in [-0.2, 0) is 6.42 Å². The molecular weight excluding hydrogens is 264 g/mol. The maximum atomic E-state index is 10.8. The van der Waals surface area contributed by atoms with E-state index in [2.05, 4.69) is 22.0 Å². The quantitative estimate of drug-likeness (QED) is 0.393. The van der Waals surface area contributed by atoms with E-state index in [-0.39, 0.29) is 0 Å². The Labute approximate surface area is 106 Å². The summed E-state index contributed by atoms with van der Waals surface area (Å²) in [5.74, 6) is 0. The molecule has 1 aromatic carbocycles. The van der Waals surface area contributed by atoms with Crippen molar-refractivity contribution in [1.29, 1.82) is 0 Å². The molecule has 2 heteroatoms. The van der Waals surface area contributed by atoms with Crippen molar-refractivity contribution in [2.75, 3.05) is 5.33 Å². The van der Waals surface area contributed by atoms with Gasteiger partial charge in [-0.15, -0.1) is 0 Å². The van der Waals surface area contributed by atoms with E-state index in [0.717, 1.165) is 23.6 Å². The van der Waals surface area contributed by atoms with Crippen LogP contribution >= 0.6 is 15.9 Å². The highest BCUT2D eigenvalue weighted by molar-refractivity contribution is 9.09. The van der Waals surface area contributed by atoms with E-state index < -0.39 is 0 Å². The molecule has 1 aromatic rings. The molecule has 0 saturated carbocycles. The molecule has 0 spiro atoms. The zero-order chi connectivity index (χ0) is 11.6. The Bertz CT molecular complexity index is 309. The minimum atomic E-state index is 0.850. The number of hydrogen-bond donors (Lipinski definition) is 0. The first-order valence-electron chi connectivity index (χ1n) is 5.97. The van der Waals surface area contributed by atoms with E-state index in [1.807, 2.05) is 18.2 Å². The largest absolute Gasteiger partial charge is 0.298 e.